The third kappa shape index (κ3) is 9.07. The van der Waals surface area contributed by atoms with Crippen molar-refractivity contribution in [1.82, 2.24) is 5.32 Å². The summed E-state index contributed by atoms with van der Waals surface area (Å²) in [6.07, 6.45) is 10.6. The molecular formula is C15H26N2O4. The fourth-order valence-corrected chi connectivity index (χ4v) is 2.21. The summed E-state index contributed by atoms with van der Waals surface area (Å²) >= 11 is 0. The van der Waals surface area contributed by atoms with Crippen molar-refractivity contribution in [2.24, 2.45) is 5.73 Å². The van der Waals surface area contributed by atoms with Gasteiger partial charge < -0.3 is 14.8 Å². The minimum Gasteiger partial charge on any atom is -0.449 e. The zero-order chi connectivity index (χ0) is 15.3. The second kappa shape index (κ2) is 11.1. The Bertz CT molecular complexity index is 334. The van der Waals surface area contributed by atoms with Crippen LogP contribution >= 0.6 is 0 Å². The maximum Gasteiger partial charge on any atom is 0.407 e. The Balaban J connectivity index is 2.07. The van der Waals surface area contributed by atoms with Crippen molar-refractivity contribution in [3.63, 3.8) is 0 Å². The molecule has 0 aromatic heterocycles. The van der Waals surface area contributed by atoms with Gasteiger partial charge >= 0.3 is 6.09 Å². The molecule has 0 fully saturated rings. The number of rotatable bonds is 8. The van der Waals surface area contributed by atoms with Gasteiger partial charge in [0.1, 0.15) is 6.10 Å². The number of nitrogens with one attached hydrogen (secondary N) is 1. The molecule has 0 radical (unpaired) electrons. The fraction of sp³-hybridized carbons (Fsp3) is 0.733. The Kier molecular flexibility index (Phi) is 9.28. The lowest BCUT2D eigenvalue weighted by Gasteiger charge is -2.16. The van der Waals surface area contributed by atoms with Crippen molar-refractivity contribution >= 4 is 12.6 Å². The smallest absolute Gasteiger partial charge is 0.407 e. The monoisotopic (exact) mass is 298 g/mol. The molecule has 1 rings (SSSR count). The lowest BCUT2D eigenvalue weighted by molar-refractivity contribution is -0.133. The molecular weight excluding hydrogens is 272 g/mol. The predicted molar refractivity (Wildman–Crippen MR) is 79.5 cm³/mol. The highest BCUT2D eigenvalue weighted by molar-refractivity contribution is 5.67. The van der Waals surface area contributed by atoms with Crippen molar-refractivity contribution in [2.45, 2.75) is 63.7 Å². The van der Waals surface area contributed by atoms with Gasteiger partial charge in [0, 0.05) is 6.54 Å². The zero-order valence-corrected chi connectivity index (χ0v) is 12.5. The minimum atomic E-state index is -0.561. The third-order valence-electron chi connectivity index (χ3n) is 3.38. The number of hydrogen-bond acceptors (Lipinski definition) is 5. The maximum atomic E-state index is 11.6. The molecule has 0 saturated carbocycles. The standard InChI is InChI=1S/C15H26N2O4/c16-14(20-12-18)10-6-7-11-17-15(19)21-13-8-4-2-1-3-5-9-13/h4,8,12-14H,1-3,5-7,9-11,16H2,(H,17,19)/b8-4+/t13?,14-/m1/s1. The van der Waals surface area contributed by atoms with Crippen LogP contribution in [0.1, 0.15) is 51.4 Å². The molecule has 1 aliphatic carbocycles. The quantitative estimate of drug-likeness (QED) is 0.310. The summed E-state index contributed by atoms with van der Waals surface area (Å²) in [5, 5.41) is 2.73. The largest absolute Gasteiger partial charge is 0.449 e. The lowest BCUT2D eigenvalue weighted by Crippen LogP contribution is -2.29. The van der Waals surface area contributed by atoms with Gasteiger partial charge in [-0.2, -0.15) is 0 Å². The highest BCUT2D eigenvalue weighted by Crippen LogP contribution is 2.14. The van der Waals surface area contributed by atoms with Crippen molar-refractivity contribution in [2.75, 3.05) is 6.54 Å². The normalized spacial score (nSPS) is 21.5. The van der Waals surface area contributed by atoms with Crippen LogP contribution in [0.2, 0.25) is 0 Å². The van der Waals surface area contributed by atoms with Gasteiger partial charge in [-0.25, -0.2) is 4.79 Å². The lowest BCUT2D eigenvalue weighted by atomic mass is 10.0. The zero-order valence-electron chi connectivity index (χ0n) is 12.5. The van der Waals surface area contributed by atoms with E-state index in [0.717, 1.165) is 32.1 Å². The Hall–Kier alpha value is -1.56. The summed E-state index contributed by atoms with van der Waals surface area (Å²) in [6, 6.07) is 0. The number of unbranched alkanes of at least 4 members (excludes halogenated alkanes) is 1. The summed E-state index contributed by atoms with van der Waals surface area (Å²) in [6.45, 7) is 0.881. The number of hydrogen-bond donors (Lipinski definition) is 2. The highest BCUT2D eigenvalue weighted by Gasteiger charge is 2.12. The molecule has 0 aliphatic heterocycles. The van der Waals surface area contributed by atoms with E-state index in [1.165, 1.54) is 12.8 Å². The molecule has 0 saturated heterocycles. The second-order valence-electron chi connectivity index (χ2n) is 5.20. The summed E-state index contributed by atoms with van der Waals surface area (Å²) in [4.78, 5) is 21.7. The summed E-state index contributed by atoms with van der Waals surface area (Å²) in [7, 11) is 0. The van der Waals surface area contributed by atoms with Crippen LogP contribution in [-0.4, -0.2) is 31.4 Å². The minimum absolute atomic E-state index is 0.111. The molecule has 0 aromatic carbocycles. The number of nitrogens with two attached hydrogens (primary N) is 1. The van der Waals surface area contributed by atoms with Gasteiger partial charge in [-0.1, -0.05) is 12.5 Å². The number of allylic oxidation sites excluding steroid dienone is 1. The molecule has 0 bridgehead atoms. The SMILES string of the molecule is N[C@@H](CCCCNC(=O)OC1/C=C/CCCCC1)OC=O. The van der Waals surface area contributed by atoms with Crippen LogP contribution in [0.4, 0.5) is 4.79 Å². The molecule has 1 amide bonds. The van der Waals surface area contributed by atoms with Gasteiger partial charge in [0.25, 0.3) is 6.47 Å². The highest BCUT2D eigenvalue weighted by atomic mass is 16.6. The van der Waals surface area contributed by atoms with E-state index >= 15 is 0 Å². The molecule has 6 nitrogen and oxygen atoms in total. The molecule has 1 unspecified atom stereocenters. The van der Waals surface area contributed by atoms with Gasteiger partial charge in [0.15, 0.2) is 6.23 Å². The number of carbonyl (C=O) groups is 2. The molecule has 0 heterocycles. The van der Waals surface area contributed by atoms with Crippen molar-refractivity contribution in [3.05, 3.63) is 12.2 Å². The third-order valence-corrected chi connectivity index (χ3v) is 3.38. The first-order valence-electron chi connectivity index (χ1n) is 7.68. The molecule has 0 spiro atoms. The van der Waals surface area contributed by atoms with Crippen LogP contribution in [0.3, 0.4) is 0 Å². The predicted octanol–water partition coefficient (Wildman–Crippen LogP) is 2.23. The van der Waals surface area contributed by atoms with Crippen LogP contribution in [0.25, 0.3) is 0 Å². The van der Waals surface area contributed by atoms with E-state index in [4.69, 9.17) is 10.5 Å². The maximum absolute atomic E-state index is 11.6. The van der Waals surface area contributed by atoms with E-state index in [1.807, 2.05) is 6.08 Å². The summed E-state index contributed by atoms with van der Waals surface area (Å²) in [5.41, 5.74) is 5.50. The van der Waals surface area contributed by atoms with E-state index in [9.17, 15) is 9.59 Å². The van der Waals surface area contributed by atoms with E-state index in [1.54, 1.807) is 0 Å². The Morgan fingerprint density at radius 1 is 1.38 bits per heavy atom. The van der Waals surface area contributed by atoms with Crippen LogP contribution in [-0.2, 0) is 14.3 Å². The van der Waals surface area contributed by atoms with Gasteiger partial charge in [-0.15, -0.1) is 0 Å². The summed E-state index contributed by atoms with van der Waals surface area (Å²) < 4.78 is 9.93. The molecule has 1 aliphatic rings. The first kappa shape index (κ1) is 17.5. The Labute approximate surface area is 126 Å². The van der Waals surface area contributed by atoms with Crippen molar-refractivity contribution < 1.29 is 19.1 Å². The number of ether oxygens (including phenoxy) is 2. The molecule has 21 heavy (non-hydrogen) atoms. The van der Waals surface area contributed by atoms with Gasteiger partial charge in [-0.05, 0) is 51.0 Å². The van der Waals surface area contributed by atoms with Crippen LogP contribution < -0.4 is 11.1 Å². The van der Waals surface area contributed by atoms with Gasteiger partial charge in [0.2, 0.25) is 0 Å². The molecule has 6 heteroatoms. The number of amides is 1. The number of alkyl carbamates (subject to hydrolysis) is 1. The topological polar surface area (TPSA) is 90.7 Å². The van der Waals surface area contributed by atoms with Crippen molar-refractivity contribution in [1.29, 1.82) is 0 Å². The van der Waals surface area contributed by atoms with Crippen LogP contribution in [0, 0.1) is 0 Å². The fourth-order valence-electron chi connectivity index (χ4n) is 2.21. The van der Waals surface area contributed by atoms with Crippen LogP contribution in [0.15, 0.2) is 12.2 Å². The van der Waals surface area contributed by atoms with E-state index in [2.05, 4.69) is 16.1 Å². The first-order chi connectivity index (χ1) is 10.2. The molecule has 0 aromatic rings. The van der Waals surface area contributed by atoms with Gasteiger partial charge in [0.05, 0.1) is 0 Å². The Morgan fingerprint density at radius 3 is 3.05 bits per heavy atom. The molecule has 2 atom stereocenters. The van der Waals surface area contributed by atoms with E-state index in [-0.39, 0.29) is 12.2 Å². The van der Waals surface area contributed by atoms with E-state index in [0.29, 0.717) is 19.4 Å². The van der Waals surface area contributed by atoms with Crippen LogP contribution in [0.5, 0.6) is 0 Å². The van der Waals surface area contributed by atoms with Crippen molar-refractivity contribution in [3.8, 4) is 0 Å². The second-order valence-corrected chi connectivity index (χ2v) is 5.20. The number of carbonyl (C=O) groups excluding carboxylic acids is 2. The Morgan fingerprint density at radius 2 is 2.24 bits per heavy atom. The molecule has 3 N–H and O–H groups in total. The molecule has 120 valence electrons. The first-order valence-corrected chi connectivity index (χ1v) is 7.68. The average Bonchev–Trinajstić information content (AvgIpc) is 2.41. The average molecular weight is 298 g/mol. The van der Waals surface area contributed by atoms with Gasteiger partial charge in [-0.3, -0.25) is 10.5 Å². The van der Waals surface area contributed by atoms with E-state index < -0.39 is 6.23 Å². The summed E-state index contributed by atoms with van der Waals surface area (Å²) in [5.74, 6) is 0.